The van der Waals surface area contributed by atoms with Gasteiger partial charge < -0.3 is 32.2 Å². The van der Waals surface area contributed by atoms with Gasteiger partial charge >= 0.3 is 5.97 Å². The number of nitrogens with zero attached hydrogens (tertiary/aromatic N) is 1. The maximum absolute atomic E-state index is 10.2. The number of hydrogen-bond donors (Lipinski definition) is 3. The number of carboxylic acid groups (broad SMARTS) is 1. The molecule has 0 saturated carbocycles. The van der Waals surface area contributed by atoms with E-state index >= 15 is 0 Å². The summed E-state index contributed by atoms with van der Waals surface area (Å²) in [5, 5.41) is 25.5. The summed E-state index contributed by atoms with van der Waals surface area (Å²) in [6.07, 6.45) is 0. The number of rotatable bonds is 3. The van der Waals surface area contributed by atoms with Crippen molar-refractivity contribution >= 4 is 5.97 Å². The van der Waals surface area contributed by atoms with Crippen molar-refractivity contribution in [1.29, 1.82) is 0 Å². The molecule has 1 rings (SSSR count). The first kappa shape index (κ1) is 19.0. The van der Waals surface area contributed by atoms with Crippen LogP contribution >= 0.6 is 0 Å². The van der Waals surface area contributed by atoms with Gasteiger partial charge in [0.2, 0.25) is 0 Å². The molecular weight excluding hydrogens is 258 g/mol. The molecule has 3 N–H and O–H groups in total. The highest BCUT2D eigenvalue weighted by atomic mass is 35.5. The van der Waals surface area contributed by atoms with Gasteiger partial charge in [-0.05, 0) is 24.3 Å². The summed E-state index contributed by atoms with van der Waals surface area (Å²) >= 11 is 0. The average Bonchev–Trinajstić information content (AvgIpc) is 2.17. The smallest absolute Gasteiger partial charge is 0.335 e. The Labute approximate surface area is 113 Å². The number of carboxylic acids is 1. The molecule has 104 valence electrons. The van der Waals surface area contributed by atoms with Crippen LogP contribution in [-0.2, 0) is 0 Å². The molecule has 0 aliphatic heterocycles. The fourth-order valence-electron chi connectivity index (χ4n) is 0.904. The first-order chi connectivity index (χ1) is 7.76. The fraction of sp³-hybridized carbons (Fsp3) is 0.417. The van der Waals surface area contributed by atoms with Crippen LogP contribution in [0.15, 0.2) is 24.3 Å². The number of carbonyl (C=O) groups is 1. The molecule has 0 radical (unpaired) electrons. The lowest BCUT2D eigenvalue weighted by Crippen LogP contribution is -3.00. The van der Waals surface area contributed by atoms with Crippen molar-refractivity contribution in [2.24, 2.45) is 0 Å². The van der Waals surface area contributed by atoms with Crippen LogP contribution in [-0.4, -0.2) is 60.1 Å². The summed E-state index contributed by atoms with van der Waals surface area (Å²) in [4.78, 5) is 10.2. The minimum Gasteiger partial charge on any atom is -1.00 e. The number of benzene rings is 1. The molecule has 0 aromatic heterocycles. The number of hydrogen-bond acceptors (Lipinski definition) is 3. The molecule has 0 aliphatic carbocycles. The van der Waals surface area contributed by atoms with Crippen LogP contribution in [0.4, 0.5) is 0 Å². The van der Waals surface area contributed by atoms with E-state index in [2.05, 4.69) is 21.1 Å². The third-order valence-electron chi connectivity index (χ3n) is 1.89. The van der Waals surface area contributed by atoms with Crippen LogP contribution in [0.25, 0.3) is 0 Å². The molecule has 1 aromatic rings. The number of phenols is 1. The van der Waals surface area contributed by atoms with E-state index < -0.39 is 5.97 Å². The summed E-state index contributed by atoms with van der Waals surface area (Å²) < 4.78 is 0.844. The largest absolute Gasteiger partial charge is 1.00 e. The van der Waals surface area contributed by atoms with Gasteiger partial charge in [0.25, 0.3) is 0 Å². The highest BCUT2D eigenvalue weighted by molar-refractivity contribution is 5.87. The molecule has 1 aromatic carbocycles. The van der Waals surface area contributed by atoms with Gasteiger partial charge in [-0.3, -0.25) is 0 Å². The number of aliphatic hydroxyl groups excluding tert-OH is 1. The van der Waals surface area contributed by atoms with E-state index in [1.807, 2.05) is 0 Å². The van der Waals surface area contributed by atoms with E-state index in [0.29, 0.717) is 0 Å². The highest BCUT2D eigenvalue weighted by Gasteiger charge is 2.02. The standard InChI is InChI=1S/C7H6O3.C5H14NO.ClH/c8-6-3-1-5(2-4-6)7(9)10;1-6(2,3)4-5-7;/h1-4,8H,(H,9,10);7H,4-5H2,1-3H3;1H/q;+1;/p-1. The van der Waals surface area contributed by atoms with Gasteiger partial charge in [-0.25, -0.2) is 4.79 Å². The van der Waals surface area contributed by atoms with Crippen LogP contribution in [0, 0.1) is 0 Å². The van der Waals surface area contributed by atoms with Crippen molar-refractivity contribution < 1.29 is 37.0 Å². The molecule has 6 heteroatoms. The van der Waals surface area contributed by atoms with Crippen LogP contribution in [0.3, 0.4) is 0 Å². The Kier molecular flexibility index (Phi) is 9.25. The second kappa shape index (κ2) is 8.74. The van der Waals surface area contributed by atoms with Gasteiger partial charge in [-0.15, -0.1) is 0 Å². The van der Waals surface area contributed by atoms with Gasteiger partial charge in [0.05, 0.1) is 33.3 Å². The van der Waals surface area contributed by atoms with Crippen molar-refractivity contribution in [1.82, 2.24) is 0 Å². The first-order valence-corrected chi connectivity index (χ1v) is 5.20. The van der Waals surface area contributed by atoms with Crippen molar-refractivity contribution in [2.75, 3.05) is 34.3 Å². The number of aliphatic hydroxyl groups is 1. The van der Waals surface area contributed by atoms with Gasteiger partial charge in [-0.2, -0.15) is 0 Å². The van der Waals surface area contributed by atoms with Gasteiger partial charge in [0.15, 0.2) is 0 Å². The second-order valence-corrected chi connectivity index (χ2v) is 4.59. The van der Waals surface area contributed by atoms with Crippen molar-refractivity contribution in [3.8, 4) is 5.75 Å². The lowest BCUT2D eigenvalue weighted by atomic mass is 10.2. The average molecular weight is 278 g/mol. The molecule has 0 atom stereocenters. The van der Waals surface area contributed by atoms with Gasteiger partial charge in [-0.1, -0.05) is 0 Å². The summed E-state index contributed by atoms with van der Waals surface area (Å²) in [6.45, 7) is 1.11. The number of quaternary nitrogens is 1. The third kappa shape index (κ3) is 9.89. The normalized spacial score (nSPS) is 9.78. The Bertz CT molecular complexity index is 346. The van der Waals surface area contributed by atoms with E-state index in [9.17, 15) is 4.79 Å². The molecule has 0 bridgehead atoms. The molecule has 18 heavy (non-hydrogen) atoms. The Balaban J connectivity index is 0. The van der Waals surface area contributed by atoms with E-state index in [1.165, 1.54) is 24.3 Å². The maximum atomic E-state index is 10.2. The topological polar surface area (TPSA) is 77.8 Å². The minimum atomic E-state index is -0.986. The molecule has 5 nitrogen and oxygen atoms in total. The monoisotopic (exact) mass is 277 g/mol. The quantitative estimate of drug-likeness (QED) is 0.547. The van der Waals surface area contributed by atoms with Crippen LogP contribution in [0.1, 0.15) is 10.4 Å². The molecule has 0 aliphatic rings. The zero-order valence-electron chi connectivity index (χ0n) is 10.8. The SMILES string of the molecule is C[N+](C)(C)CCO.O=C(O)c1ccc(O)cc1.[Cl-]. The predicted molar refractivity (Wildman–Crippen MR) is 65.1 cm³/mol. The number of aromatic carboxylic acids is 1. The highest BCUT2D eigenvalue weighted by Crippen LogP contribution is 2.08. The Morgan fingerprint density at radius 3 is 1.83 bits per heavy atom. The number of halogens is 1. The van der Waals surface area contributed by atoms with Crippen molar-refractivity contribution in [3.63, 3.8) is 0 Å². The fourth-order valence-corrected chi connectivity index (χ4v) is 0.904. The summed E-state index contributed by atoms with van der Waals surface area (Å²) in [5.74, 6) is -0.912. The van der Waals surface area contributed by atoms with Crippen molar-refractivity contribution in [2.45, 2.75) is 0 Å². The Hall–Kier alpha value is -1.30. The number of likely N-dealkylation sites (N-methyl/N-ethyl adjacent to an activating group) is 1. The van der Waals surface area contributed by atoms with Crippen LogP contribution in [0.2, 0.25) is 0 Å². The molecule has 0 heterocycles. The Morgan fingerprint density at radius 1 is 1.17 bits per heavy atom. The molecule has 0 unspecified atom stereocenters. The summed E-state index contributed by atoms with van der Waals surface area (Å²) in [7, 11) is 6.16. The lowest BCUT2D eigenvalue weighted by molar-refractivity contribution is -0.870. The van der Waals surface area contributed by atoms with E-state index in [-0.39, 0.29) is 30.3 Å². The van der Waals surface area contributed by atoms with Gasteiger partial charge in [0.1, 0.15) is 12.3 Å². The van der Waals surface area contributed by atoms with E-state index in [1.54, 1.807) is 0 Å². The first-order valence-electron chi connectivity index (χ1n) is 5.20. The van der Waals surface area contributed by atoms with Crippen LogP contribution < -0.4 is 12.4 Å². The van der Waals surface area contributed by atoms with Gasteiger partial charge in [0, 0.05) is 0 Å². The Morgan fingerprint density at radius 2 is 1.61 bits per heavy atom. The van der Waals surface area contributed by atoms with E-state index in [4.69, 9.17) is 15.3 Å². The zero-order chi connectivity index (χ0) is 13.5. The van der Waals surface area contributed by atoms with Crippen LogP contribution in [0.5, 0.6) is 5.75 Å². The lowest BCUT2D eigenvalue weighted by Gasteiger charge is -2.21. The molecular formula is C12H20ClNO4. The minimum absolute atomic E-state index is 0. The van der Waals surface area contributed by atoms with E-state index in [0.717, 1.165) is 11.0 Å². The number of phenolic OH excluding ortho intramolecular Hbond substituents is 1. The second-order valence-electron chi connectivity index (χ2n) is 4.59. The van der Waals surface area contributed by atoms with Crippen molar-refractivity contribution in [3.05, 3.63) is 29.8 Å². The zero-order valence-corrected chi connectivity index (χ0v) is 11.6. The number of aromatic hydroxyl groups is 1. The summed E-state index contributed by atoms with van der Waals surface area (Å²) in [6, 6.07) is 5.36. The third-order valence-corrected chi connectivity index (χ3v) is 1.89. The molecule has 0 spiro atoms. The maximum Gasteiger partial charge on any atom is 0.335 e. The predicted octanol–water partition coefficient (Wildman–Crippen LogP) is -2.22. The molecule has 0 amide bonds. The molecule has 0 fully saturated rings. The molecule has 0 saturated heterocycles. The summed E-state index contributed by atoms with van der Waals surface area (Å²) in [5.41, 5.74) is 0.179.